The monoisotopic (exact) mass is 384 g/mol. The van der Waals surface area contributed by atoms with Crippen molar-refractivity contribution < 1.29 is 4.74 Å². The first-order chi connectivity index (χ1) is 13.3. The van der Waals surface area contributed by atoms with E-state index in [1.54, 1.807) is 11.3 Å². The fourth-order valence-electron chi connectivity index (χ4n) is 4.00. The van der Waals surface area contributed by atoms with Gasteiger partial charge < -0.3 is 9.64 Å². The Morgan fingerprint density at radius 1 is 1.19 bits per heavy atom. The van der Waals surface area contributed by atoms with Gasteiger partial charge in [-0.25, -0.2) is 14.5 Å². The van der Waals surface area contributed by atoms with Crippen molar-refractivity contribution >= 4 is 22.7 Å². The molecule has 5 heterocycles. The second-order valence-electron chi connectivity index (χ2n) is 7.26. The predicted octanol–water partition coefficient (Wildman–Crippen LogP) is 2.40. The molecule has 0 amide bonds. The van der Waals surface area contributed by atoms with Crippen LogP contribution in [0.4, 0.5) is 5.69 Å². The quantitative estimate of drug-likeness (QED) is 0.688. The summed E-state index contributed by atoms with van der Waals surface area (Å²) >= 11 is 1.73. The number of hydrogen-bond donors (Lipinski definition) is 0. The van der Waals surface area contributed by atoms with Crippen LogP contribution in [0.2, 0.25) is 0 Å². The molecule has 0 aliphatic carbocycles. The first-order valence-electron chi connectivity index (χ1n) is 9.65. The number of anilines is 1. The lowest BCUT2D eigenvalue weighted by molar-refractivity contribution is 0.122. The number of hydrogen-bond acceptors (Lipinski definition) is 7. The van der Waals surface area contributed by atoms with Crippen molar-refractivity contribution in [3.05, 3.63) is 40.7 Å². The first kappa shape index (κ1) is 17.1. The molecule has 7 nitrogen and oxygen atoms in total. The summed E-state index contributed by atoms with van der Waals surface area (Å²) in [7, 11) is 0. The largest absolute Gasteiger partial charge is 0.378 e. The number of nitrogens with zero attached hydrogens (tertiary/aromatic N) is 6. The Hall–Kier alpha value is -2.03. The van der Waals surface area contributed by atoms with Gasteiger partial charge in [-0.1, -0.05) is 0 Å². The maximum absolute atomic E-state index is 5.45. The molecule has 1 unspecified atom stereocenters. The van der Waals surface area contributed by atoms with E-state index >= 15 is 0 Å². The van der Waals surface area contributed by atoms with Crippen LogP contribution in [0.1, 0.15) is 29.6 Å². The number of ether oxygens (including phenoxy) is 1. The van der Waals surface area contributed by atoms with Gasteiger partial charge in [-0.3, -0.25) is 4.90 Å². The fourth-order valence-corrected chi connectivity index (χ4v) is 4.66. The van der Waals surface area contributed by atoms with E-state index < -0.39 is 0 Å². The zero-order valence-electron chi connectivity index (χ0n) is 15.3. The Morgan fingerprint density at radius 3 is 2.96 bits per heavy atom. The molecule has 0 N–H and O–H groups in total. The highest BCUT2D eigenvalue weighted by atomic mass is 32.1. The molecule has 1 atom stereocenters. The summed E-state index contributed by atoms with van der Waals surface area (Å²) in [5.74, 6) is 1.36. The molecule has 2 aliphatic rings. The lowest BCUT2D eigenvalue weighted by Crippen LogP contribution is -2.36. The Labute approximate surface area is 162 Å². The highest BCUT2D eigenvalue weighted by Gasteiger charge is 2.25. The summed E-state index contributed by atoms with van der Waals surface area (Å²) in [5, 5.41) is 8.07. The van der Waals surface area contributed by atoms with Crippen LogP contribution >= 0.6 is 11.3 Å². The Balaban J connectivity index is 1.33. The number of aromatic nitrogens is 4. The van der Waals surface area contributed by atoms with Gasteiger partial charge >= 0.3 is 0 Å². The van der Waals surface area contributed by atoms with Crippen LogP contribution in [-0.2, 0) is 11.3 Å². The standard InChI is InChI=1S/C19H24N6OS/c1-2-15(12-23(6-1)14-18-20-5-11-27-18)19-21-17-4-3-16(13-25(17)22-19)24-7-9-26-10-8-24/h3-5,11,13,15H,1-2,6-10,12,14H2. The van der Waals surface area contributed by atoms with E-state index in [2.05, 4.69) is 33.1 Å². The zero-order chi connectivity index (χ0) is 18.1. The van der Waals surface area contributed by atoms with E-state index in [0.717, 1.165) is 63.8 Å². The number of morpholine rings is 1. The van der Waals surface area contributed by atoms with Crippen LogP contribution in [0.5, 0.6) is 0 Å². The second-order valence-corrected chi connectivity index (χ2v) is 8.24. The number of fused-ring (bicyclic) bond motifs is 1. The number of piperidine rings is 1. The molecule has 27 heavy (non-hydrogen) atoms. The molecule has 8 heteroatoms. The highest BCUT2D eigenvalue weighted by Crippen LogP contribution is 2.27. The summed E-state index contributed by atoms with van der Waals surface area (Å²) in [4.78, 5) is 14.1. The average molecular weight is 385 g/mol. The predicted molar refractivity (Wildman–Crippen MR) is 105 cm³/mol. The molecule has 3 aromatic rings. The van der Waals surface area contributed by atoms with E-state index in [4.69, 9.17) is 14.8 Å². The molecule has 0 radical (unpaired) electrons. The number of likely N-dealkylation sites (tertiary alicyclic amines) is 1. The number of pyridine rings is 1. The van der Waals surface area contributed by atoms with Gasteiger partial charge in [-0.15, -0.1) is 11.3 Å². The van der Waals surface area contributed by atoms with Crippen LogP contribution < -0.4 is 4.90 Å². The summed E-state index contributed by atoms with van der Waals surface area (Å²) < 4.78 is 7.40. The number of thiazole rings is 1. The lowest BCUT2D eigenvalue weighted by Gasteiger charge is -2.30. The van der Waals surface area contributed by atoms with E-state index in [1.165, 1.54) is 17.1 Å². The molecule has 2 saturated heterocycles. The molecule has 3 aromatic heterocycles. The molecule has 0 bridgehead atoms. The van der Waals surface area contributed by atoms with Gasteiger partial charge in [0.15, 0.2) is 11.5 Å². The van der Waals surface area contributed by atoms with E-state index in [1.807, 2.05) is 16.1 Å². The SMILES string of the molecule is c1csc(CN2CCCC(c3nc4ccc(N5CCOCC5)cn4n3)C2)n1. The van der Waals surface area contributed by atoms with Crippen molar-refractivity contribution in [1.29, 1.82) is 0 Å². The Morgan fingerprint density at radius 2 is 2.11 bits per heavy atom. The van der Waals surface area contributed by atoms with Gasteiger partial charge in [0, 0.05) is 37.1 Å². The van der Waals surface area contributed by atoms with E-state index in [-0.39, 0.29) is 0 Å². The molecule has 2 fully saturated rings. The third-order valence-corrected chi connectivity index (χ3v) is 6.19. The maximum Gasteiger partial charge on any atom is 0.156 e. The van der Waals surface area contributed by atoms with Gasteiger partial charge in [0.2, 0.25) is 0 Å². The van der Waals surface area contributed by atoms with Crippen molar-refractivity contribution in [2.75, 3.05) is 44.3 Å². The molecule has 0 saturated carbocycles. The zero-order valence-corrected chi connectivity index (χ0v) is 16.1. The fraction of sp³-hybridized carbons (Fsp3) is 0.526. The van der Waals surface area contributed by atoms with E-state index in [9.17, 15) is 0 Å². The highest BCUT2D eigenvalue weighted by molar-refractivity contribution is 7.09. The van der Waals surface area contributed by atoms with Gasteiger partial charge in [-0.05, 0) is 31.5 Å². The summed E-state index contributed by atoms with van der Waals surface area (Å²) in [6.45, 7) is 6.51. The minimum atomic E-state index is 0.394. The maximum atomic E-state index is 5.45. The smallest absolute Gasteiger partial charge is 0.156 e. The summed E-state index contributed by atoms with van der Waals surface area (Å²) in [6.07, 6.45) is 6.33. The second kappa shape index (κ2) is 7.53. The molecular formula is C19H24N6OS. The number of rotatable bonds is 4. The van der Waals surface area contributed by atoms with E-state index in [0.29, 0.717) is 5.92 Å². The van der Waals surface area contributed by atoms with Gasteiger partial charge in [0.25, 0.3) is 0 Å². The van der Waals surface area contributed by atoms with Crippen molar-refractivity contribution in [3.8, 4) is 0 Å². The Kier molecular flexibility index (Phi) is 4.77. The molecule has 2 aliphatic heterocycles. The normalized spacial score (nSPS) is 21.8. The lowest BCUT2D eigenvalue weighted by atomic mass is 9.97. The van der Waals surface area contributed by atoms with Gasteiger partial charge in [0.1, 0.15) is 5.01 Å². The molecular weight excluding hydrogens is 360 g/mol. The van der Waals surface area contributed by atoms with Gasteiger partial charge in [0.05, 0.1) is 31.6 Å². The van der Waals surface area contributed by atoms with Crippen molar-refractivity contribution in [1.82, 2.24) is 24.5 Å². The van der Waals surface area contributed by atoms with Crippen LogP contribution in [0.15, 0.2) is 29.9 Å². The third-order valence-electron chi connectivity index (χ3n) is 5.42. The molecule has 5 rings (SSSR count). The molecule has 0 spiro atoms. The molecule has 142 valence electrons. The minimum absolute atomic E-state index is 0.394. The van der Waals surface area contributed by atoms with Crippen molar-refractivity contribution in [3.63, 3.8) is 0 Å². The average Bonchev–Trinajstić information content (AvgIpc) is 3.38. The first-order valence-corrected chi connectivity index (χ1v) is 10.5. The Bertz CT molecular complexity index is 889. The third kappa shape index (κ3) is 3.69. The van der Waals surface area contributed by atoms with Gasteiger partial charge in [-0.2, -0.15) is 5.10 Å². The summed E-state index contributed by atoms with van der Waals surface area (Å²) in [6, 6.07) is 4.23. The summed E-state index contributed by atoms with van der Waals surface area (Å²) in [5.41, 5.74) is 2.12. The van der Waals surface area contributed by atoms with Crippen molar-refractivity contribution in [2.24, 2.45) is 0 Å². The van der Waals surface area contributed by atoms with Crippen LogP contribution in [0.25, 0.3) is 5.65 Å². The van der Waals surface area contributed by atoms with Crippen LogP contribution in [0.3, 0.4) is 0 Å². The van der Waals surface area contributed by atoms with Crippen LogP contribution in [-0.4, -0.2) is 63.9 Å². The minimum Gasteiger partial charge on any atom is -0.378 e. The molecule has 0 aromatic carbocycles. The van der Waals surface area contributed by atoms with Crippen molar-refractivity contribution in [2.45, 2.75) is 25.3 Å². The van der Waals surface area contributed by atoms with Crippen LogP contribution in [0, 0.1) is 0 Å². The topological polar surface area (TPSA) is 58.8 Å².